The Morgan fingerprint density at radius 1 is 1.54 bits per heavy atom. The van der Waals surface area contributed by atoms with E-state index in [-0.39, 0.29) is 0 Å². The second kappa shape index (κ2) is 4.45. The highest BCUT2D eigenvalue weighted by atomic mass is 15.0. The molecule has 1 unspecified atom stereocenters. The zero-order valence-corrected chi connectivity index (χ0v) is 9.09. The van der Waals surface area contributed by atoms with Gasteiger partial charge in [-0.2, -0.15) is 0 Å². The molecule has 1 atom stereocenters. The maximum atomic E-state index is 4.55. The third kappa shape index (κ3) is 3.21. The lowest BCUT2D eigenvalue weighted by molar-refractivity contribution is 0.593. The molecule has 0 aromatic rings. The number of hydrogen-bond acceptors (Lipinski definition) is 2. The summed E-state index contributed by atoms with van der Waals surface area (Å²) in [5, 5.41) is 3.31. The van der Waals surface area contributed by atoms with E-state index in [4.69, 9.17) is 0 Å². The van der Waals surface area contributed by atoms with E-state index in [2.05, 4.69) is 31.1 Å². The summed E-state index contributed by atoms with van der Waals surface area (Å²) >= 11 is 0. The van der Waals surface area contributed by atoms with Crippen LogP contribution in [0.4, 0.5) is 0 Å². The van der Waals surface area contributed by atoms with Crippen LogP contribution in [0.25, 0.3) is 0 Å². The molecule has 0 aliphatic carbocycles. The van der Waals surface area contributed by atoms with Crippen LogP contribution in [-0.2, 0) is 0 Å². The van der Waals surface area contributed by atoms with Crippen LogP contribution < -0.4 is 5.32 Å². The van der Waals surface area contributed by atoms with Crippen LogP contribution in [-0.4, -0.2) is 11.8 Å². The Morgan fingerprint density at radius 3 is 2.85 bits per heavy atom. The molecule has 0 fully saturated rings. The summed E-state index contributed by atoms with van der Waals surface area (Å²) in [6.07, 6.45) is 4.35. The Morgan fingerprint density at radius 2 is 2.23 bits per heavy atom. The van der Waals surface area contributed by atoms with E-state index in [9.17, 15) is 0 Å². The van der Waals surface area contributed by atoms with Crippen molar-refractivity contribution in [3.63, 3.8) is 0 Å². The van der Waals surface area contributed by atoms with Gasteiger partial charge >= 0.3 is 0 Å². The molecule has 0 bridgehead atoms. The highest BCUT2D eigenvalue weighted by Gasteiger charge is 2.12. The average Bonchev–Trinajstić information content (AvgIpc) is 2.06. The fourth-order valence-corrected chi connectivity index (χ4v) is 1.41. The fourth-order valence-electron chi connectivity index (χ4n) is 1.41. The first-order valence-corrected chi connectivity index (χ1v) is 5.10. The van der Waals surface area contributed by atoms with E-state index in [1.807, 2.05) is 13.1 Å². The van der Waals surface area contributed by atoms with Crippen LogP contribution in [0.15, 0.2) is 16.9 Å². The van der Waals surface area contributed by atoms with Gasteiger partial charge in [0.05, 0.1) is 11.7 Å². The highest BCUT2D eigenvalue weighted by molar-refractivity contribution is 5.90. The normalized spacial score (nSPS) is 22.4. The third-order valence-corrected chi connectivity index (χ3v) is 2.34. The molecule has 1 aliphatic heterocycles. The second-order valence-electron chi connectivity index (χ2n) is 4.21. The van der Waals surface area contributed by atoms with Crippen LogP contribution in [0.3, 0.4) is 0 Å². The van der Waals surface area contributed by atoms with Gasteiger partial charge in [-0.05, 0) is 32.6 Å². The number of aliphatic imine (C=N–C) groups is 1. The second-order valence-corrected chi connectivity index (χ2v) is 4.21. The summed E-state index contributed by atoms with van der Waals surface area (Å²) in [5.74, 6) is 0.765. The molecule has 1 aliphatic rings. The van der Waals surface area contributed by atoms with Crippen molar-refractivity contribution in [3.05, 3.63) is 11.9 Å². The Hall–Kier alpha value is -0.790. The van der Waals surface area contributed by atoms with Crippen LogP contribution >= 0.6 is 0 Å². The first kappa shape index (κ1) is 10.3. The highest BCUT2D eigenvalue weighted by Crippen LogP contribution is 2.11. The van der Waals surface area contributed by atoms with Gasteiger partial charge in [0.1, 0.15) is 0 Å². The number of rotatable bonds is 3. The van der Waals surface area contributed by atoms with Gasteiger partial charge in [-0.3, -0.25) is 4.99 Å². The smallest absolute Gasteiger partial charge is 0.0613 e. The Balaban J connectivity index is 2.51. The van der Waals surface area contributed by atoms with E-state index in [0.29, 0.717) is 6.04 Å². The van der Waals surface area contributed by atoms with Crippen molar-refractivity contribution in [2.24, 2.45) is 10.9 Å². The molecule has 0 saturated carbocycles. The van der Waals surface area contributed by atoms with Gasteiger partial charge in [-0.15, -0.1) is 0 Å². The van der Waals surface area contributed by atoms with Crippen molar-refractivity contribution in [1.82, 2.24) is 5.32 Å². The average molecular weight is 180 g/mol. The Bertz CT molecular complexity index is 226. The molecular weight excluding hydrogens is 160 g/mol. The molecule has 1 N–H and O–H groups in total. The summed E-state index contributed by atoms with van der Waals surface area (Å²) in [5.41, 5.74) is 2.39. The number of hydrogen-bond donors (Lipinski definition) is 1. The number of nitrogens with zero attached hydrogens (tertiary/aromatic N) is 1. The van der Waals surface area contributed by atoms with Gasteiger partial charge in [0.2, 0.25) is 0 Å². The predicted molar refractivity (Wildman–Crippen MR) is 57.9 cm³/mol. The molecule has 2 nitrogen and oxygen atoms in total. The fraction of sp³-hybridized carbons (Fsp3) is 0.727. The molecule has 0 radical (unpaired) electrons. The summed E-state index contributed by atoms with van der Waals surface area (Å²) in [4.78, 5) is 4.55. The van der Waals surface area contributed by atoms with E-state index in [1.165, 1.54) is 12.1 Å². The minimum atomic E-state index is 0.419. The van der Waals surface area contributed by atoms with E-state index in [1.54, 1.807) is 0 Å². The minimum absolute atomic E-state index is 0.419. The van der Waals surface area contributed by atoms with Crippen molar-refractivity contribution in [2.45, 2.75) is 46.6 Å². The first-order valence-electron chi connectivity index (χ1n) is 5.10. The SMILES string of the molecule is CC1=CNC(C)C(CCC(C)C)=N1. The van der Waals surface area contributed by atoms with Gasteiger partial charge in [-0.1, -0.05) is 13.8 Å². The maximum absolute atomic E-state index is 4.55. The Labute approximate surface area is 81.1 Å². The quantitative estimate of drug-likeness (QED) is 0.709. The monoisotopic (exact) mass is 180 g/mol. The van der Waals surface area contributed by atoms with Crippen molar-refractivity contribution in [2.75, 3.05) is 0 Å². The number of allylic oxidation sites excluding steroid dienone is 1. The maximum Gasteiger partial charge on any atom is 0.0613 e. The summed E-state index contributed by atoms with van der Waals surface area (Å²) < 4.78 is 0. The third-order valence-electron chi connectivity index (χ3n) is 2.34. The van der Waals surface area contributed by atoms with Gasteiger partial charge < -0.3 is 5.32 Å². The molecule has 2 heteroatoms. The van der Waals surface area contributed by atoms with Crippen LogP contribution in [0.2, 0.25) is 0 Å². The molecule has 0 amide bonds. The lowest BCUT2D eigenvalue weighted by Crippen LogP contribution is -2.33. The van der Waals surface area contributed by atoms with Crippen LogP contribution in [0, 0.1) is 5.92 Å². The molecule has 0 aromatic heterocycles. The molecule has 0 spiro atoms. The zero-order valence-electron chi connectivity index (χ0n) is 9.09. The van der Waals surface area contributed by atoms with Crippen molar-refractivity contribution in [1.29, 1.82) is 0 Å². The molecular formula is C11H20N2. The summed E-state index contributed by atoms with van der Waals surface area (Å²) in [6, 6.07) is 0.419. The van der Waals surface area contributed by atoms with E-state index in [0.717, 1.165) is 18.0 Å². The molecule has 13 heavy (non-hydrogen) atoms. The van der Waals surface area contributed by atoms with Crippen molar-refractivity contribution < 1.29 is 0 Å². The van der Waals surface area contributed by atoms with Crippen molar-refractivity contribution >= 4 is 5.71 Å². The van der Waals surface area contributed by atoms with Crippen LogP contribution in [0.1, 0.15) is 40.5 Å². The van der Waals surface area contributed by atoms with E-state index < -0.39 is 0 Å². The number of nitrogens with one attached hydrogen (secondary N) is 1. The minimum Gasteiger partial charge on any atom is -0.382 e. The molecule has 1 rings (SSSR count). The van der Waals surface area contributed by atoms with Gasteiger partial charge in [-0.25, -0.2) is 0 Å². The molecule has 74 valence electrons. The zero-order chi connectivity index (χ0) is 9.84. The molecule has 0 saturated heterocycles. The Kier molecular flexibility index (Phi) is 3.52. The standard InChI is InChI=1S/C11H20N2/c1-8(2)5-6-11-10(4)12-7-9(3)13-11/h7-8,10,12H,5-6H2,1-4H3. The largest absolute Gasteiger partial charge is 0.382 e. The topological polar surface area (TPSA) is 24.4 Å². The van der Waals surface area contributed by atoms with Crippen molar-refractivity contribution in [3.8, 4) is 0 Å². The lowest BCUT2D eigenvalue weighted by Gasteiger charge is -2.20. The van der Waals surface area contributed by atoms with E-state index >= 15 is 0 Å². The van der Waals surface area contributed by atoms with Gasteiger partial charge in [0.25, 0.3) is 0 Å². The molecule has 0 aromatic carbocycles. The van der Waals surface area contributed by atoms with Gasteiger partial charge in [0.15, 0.2) is 0 Å². The van der Waals surface area contributed by atoms with Crippen LogP contribution in [0.5, 0.6) is 0 Å². The lowest BCUT2D eigenvalue weighted by atomic mass is 10.0. The summed E-state index contributed by atoms with van der Waals surface area (Å²) in [6.45, 7) is 8.71. The summed E-state index contributed by atoms with van der Waals surface area (Å²) in [7, 11) is 0. The molecule has 1 heterocycles. The van der Waals surface area contributed by atoms with Gasteiger partial charge in [0, 0.05) is 11.9 Å². The first-order chi connectivity index (χ1) is 6.09. The predicted octanol–water partition coefficient (Wildman–Crippen LogP) is 2.72.